The van der Waals surface area contributed by atoms with Crippen LogP contribution in [0.1, 0.15) is 6.92 Å². The van der Waals surface area contributed by atoms with E-state index in [4.69, 9.17) is 14.5 Å². The van der Waals surface area contributed by atoms with Crippen LogP contribution < -0.4 is 14.5 Å². The molecule has 28 heavy (non-hydrogen) atoms. The molecule has 0 amide bonds. The third-order valence-electron chi connectivity index (χ3n) is 4.76. The van der Waals surface area contributed by atoms with Crippen molar-refractivity contribution in [3.05, 3.63) is 42.6 Å². The molecule has 1 N–H and O–H groups in total. The molecule has 8 heteroatoms. The number of H-pyrrole nitrogens is 1. The van der Waals surface area contributed by atoms with E-state index in [9.17, 15) is 0 Å². The van der Waals surface area contributed by atoms with Crippen molar-refractivity contribution in [2.45, 2.75) is 6.92 Å². The maximum Gasteiger partial charge on any atom is 0.227 e. The zero-order valence-corrected chi connectivity index (χ0v) is 16.1. The molecule has 1 aliphatic rings. The third kappa shape index (κ3) is 3.77. The smallest absolute Gasteiger partial charge is 0.227 e. The Morgan fingerprint density at radius 1 is 1.14 bits per heavy atom. The predicted octanol–water partition coefficient (Wildman–Crippen LogP) is 2.87. The van der Waals surface area contributed by atoms with Crippen LogP contribution in [-0.2, 0) is 4.74 Å². The third-order valence-corrected chi connectivity index (χ3v) is 4.76. The maximum absolute atomic E-state index is 5.42. The fraction of sp³-hybridized carbons (Fsp3) is 0.350. The molecule has 1 fully saturated rings. The standard InChI is InChI=1S/C20H24N6O2/c1-3-26(18-8-9-21-20(22-18)25-10-12-28-13-11-25)19-14-17(23-24-19)15-4-6-16(27-2)7-5-15/h4-9,14H,3,10-13H2,1-2H3,(H,23,24). The van der Waals surface area contributed by atoms with Gasteiger partial charge >= 0.3 is 0 Å². The summed E-state index contributed by atoms with van der Waals surface area (Å²) in [5.41, 5.74) is 1.99. The topological polar surface area (TPSA) is 79.4 Å². The molecule has 0 atom stereocenters. The lowest BCUT2D eigenvalue weighted by molar-refractivity contribution is 0.122. The number of rotatable bonds is 6. The van der Waals surface area contributed by atoms with Gasteiger partial charge in [-0.3, -0.25) is 5.10 Å². The van der Waals surface area contributed by atoms with Gasteiger partial charge in [0, 0.05) is 31.9 Å². The summed E-state index contributed by atoms with van der Waals surface area (Å²) in [7, 11) is 1.66. The van der Waals surface area contributed by atoms with E-state index in [0.717, 1.165) is 54.2 Å². The summed E-state index contributed by atoms with van der Waals surface area (Å²) in [5, 5.41) is 7.62. The second kappa shape index (κ2) is 8.26. The van der Waals surface area contributed by atoms with Gasteiger partial charge in [-0.1, -0.05) is 0 Å². The van der Waals surface area contributed by atoms with E-state index in [2.05, 4.69) is 31.9 Å². The van der Waals surface area contributed by atoms with Gasteiger partial charge in [-0.15, -0.1) is 0 Å². The first-order chi connectivity index (χ1) is 13.8. The maximum atomic E-state index is 5.42. The van der Waals surface area contributed by atoms with Crippen LogP contribution in [0.3, 0.4) is 0 Å². The number of methoxy groups -OCH3 is 1. The minimum atomic E-state index is 0.704. The van der Waals surface area contributed by atoms with Gasteiger partial charge in [0.1, 0.15) is 11.6 Å². The lowest BCUT2D eigenvalue weighted by Gasteiger charge is -2.27. The van der Waals surface area contributed by atoms with Crippen LogP contribution in [0.25, 0.3) is 11.3 Å². The number of aromatic amines is 1. The number of hydrogen-bond donors (Lipinski definition) is 1. The molecule has 3 aromatic rings. The lowest BCUT2D eigenvalue weighted by atomic mass is 10.1. The van der Waals surface area contributed by atoms with E-state index in [1.54, 1.807) is 13.3 Å². The van der Waals surface area contributed by atoms with Crippen molar-refractivity contribution in [2.75, 3.05) is 49.8 Å². The molecular formula is C20H24N6O2. The van der Waals surface area contributed by atoms with Crippen LogP contribution >= 0.6 is 0 Å². The summed E-state index contributed by atoms with van der Waals surface area (Å²) in [6.07, 6.45) is 1.80. The highest BCUT2D eigenvalue weighted by Crippen LogP contribution is 2.28. The van der Waals surface area contributed by atoms with Crippen LogP contribution in [0.5, 0.6) is 5.75 Å². The Hall–Kier alpha value is -3.13. The van der Waals surface area contributed by atoms with Gasteiger partial charge < -0.3 is 19.3 Å². The molecule has 0 bridgehead atoms. The Labute approximate surface area is 164 Å². The summed E-state index contributed by atoms with van der Waals surface area (Å²) in [6, 6.07) is 11.8. The zero-order valence-electron chi connectivity index (χ0n) is 16.1. The van der Waals surface area contributed by atoms with Crippen LogP contribution in [0, 0.1) is 0 Å². The van der Waals surface area contributed by atoms with E-state index in [0.29, 0.717) is 13.2 Å². The van der Waals surface area contributed by atoms with E-state index >= 15 is 0 Å². The van der Waals surface area contributed by atoms with Crippen LogP contribution in [0.15, 0.2) is 42.6 Å². The van der Waals surface area contributed by atoms with Crippen molar-refractivity contribution in [2.24, 2.45) is 0 Å². The van der Waals surface area contributed by atoms with Gasteiger partial charge in [0.15, 0.2) is 5.82 Å². The molecule has 1 aliphatic heterocycles. The Bertz CT molecular complexity index is 905. The molecule has 0 aliphatic carbocycles. The van der Waals surface area contributed by atoms with E-state index in [1.165, 1.54) is 0 Å². The van der Waals surface area contributed by atoms with Gasteiger partial charge in [-0.05, 0) is 42.8 Å². The average molecular weight is 380 g/mol. The number of anilines is 3. The Balaban J connectivity index is 1.58. The summed E-state index contributed by atoms with van der Waals surface area (Å²) < 4.78 is 10.6. The van der Waals surface area contributed by atoms with Gasteiger partial charge in [0.25, 0.3) is 0 Å². The number of aromatic nitrogens is 4. The fourth-order valence-corrected chi connectivity index (χ4v) is 3.21. The normalized spacial score (nSPS) is 14.1. The van der Waals surface area contributed by atoms with Gasteiger partial charge in [-0.25, -0.2) is 4.98 Å². The molecule has 3 heterocycles. The summed E-state index contributed by atoms with van der Waals surface area (Å²) in [5.74, 6) is 3.20. The summed E-state index contributed by atoms with van der Waals surface area (Å²) >= 11 is 0. The van der Waals surface area contributed by atoms with Crippen LogP contribution in [0.4, 0.5) is 17.6 Å². The molecule has 0 spiro atoms. The highest BCUT2D eigenvalue weighted by molar-refractivity contribution is 5.67. The fourth-order valence-electron chi connectivity index (χ4n) is 3.21. The van der Waals surface area contributed by atoms with Crippen molar-refractivity contribution in [1.82, 2.24) is 20.2 Å². The zero-order chi connectivity index (χ0) is 19.3. The monoisotopic (exact) mass is 380 g/mol. The second-order valence-corrected chi connectivity index (χ2v) is 6.43. The number of morpholine rings is 1. The van der Waals surface area contributed by atoms with Gasteiger partial charge in [-0.2, -0.15) is 10.1 Å². The molecule has 2 aromatic heterocycles. The number of hydrogen-bond acceptors (Lipinski definition) is 7. The Morgan fingerprint density at radius 2 is 1.93 bits per heavy atom. The quantitative estimate of drug-likeness (QED) is 0.704. The number of ether oxygens (including phenoxy) is 2. The summed E-state index contributed by atoms with van der Waals surface area (Å²) in [4.78, 5) is 13.4. The summed E-state index contributed by atoms with van der Waals surface area (Å²) in [6.45, 7) is 5.84. The number of benzene rings is 1. The van der Waals surface area contributed by atoms with Crippen molar-refractivity contribution in [3.63, 3.8) is 0 Å². The minimum absolute atomic E-state index is 0.704. The van der Waals surface area contributed by atoms with Crippen LogP contribution in [-0.4, -0.2) is 60.1 Å². The first-order valence-corrected chi connectivity index (χ1v) is 9.41. The molecule has 4 rings (SSSR count). The SMILES string of the molecule is CCN(c1cc(-c2ccc(OC)cc2)[nH]n1)c1ccnc(N2CCOCC2)n1. The molecular weight excluding hydrogens is 356 g/mol. The molecule has 1 aromatic carbocycles. The van der Waals surface area contributed by atoms with E-state index < -0.39 is 0 Å². The van der Waals surface area contributed by atoms with Crippen LogP contribution in [0.2, 0.25) is 0 Å². The van der Waals surface area contributed by atoms with Gasteiger partial charge in [0.05, 0.1) is 26.0 Å². The Kier molecular flexibility index (Phi) is 5.38. The largest absolute Gasteiger partial charge is 0.497 e. The molecule has 8 nitrogen and oxygen atoms in total. The van der Waals surface area contributed by atoms with E-state index in [-0.39, 0.29) is 0 Å². The molecule has 146 valence electrons. The van der Waals surface area contributed by atoms with Crippen molar-refractivity contribution >= 4 is 17.6 Å². The first-order valence-electron chi connectivity index (χ1n) is 9.41. The van der Waals surface area contributed by atoms with Gasteiger partial charge in [0.2, 0.25) is 5.95 Å². The molecule has 0 radical (unpaired) electrons. The molecule has 0 unspecified atom stereocenters. The predicted molar refractivity (Wildman–Crippen MR) is 108 cm³/mol. The average Bonchev–Trinajstić information content (AvgIpc) is 3.25. The Morgan fingerprint density at radius 3 is 2.64 bits per heavy atom. The highest BCUT2D eigenvalue weighted by Gasteiger charge is 2.18. The highest BCUT2D eigenvalue weighted by atomic mass is 16.5. The van der Waals surface area contributed by atoms with Crippen molar-refractivity contribution in [1.29, 1.82) is 0 Å². The number of nitrogens with one attached hydrogen (secondary N) is 1. The number of nitrogens with zero attached hydrogens (tertiary/aromatic N) is 5. The minimum Gasteiger partial charge on any atom is -0.497 e. The van der Waals surface area contributed by atoms with Crippen molar-refractivity contribution < 1.29 is 9.47 Å². The second-order valence-electron chi connectivity index (χ2n) is 6.43. The lowest BCUT2D eigenvalue weighted by Crippen LogP contribution is -2.37. The molecule has 0 saturated carbocycles. The van der Waals surface area contributed by atoms with Crippen molar-refractivity contribution in [3.8, 4) is 17.0 Å². The van der Waals surface area contributed by atoms with E-state index in [1.807, 2.05) is 36.4 Å². The first kappa shape index (κ1) is 18.2. The molecule has 1 saturated heterocycles.